The summed E-state index contributed by atoms with van der Waals surface area (Å²) in [6.45, 7) is 1.91. The largest absolute Gasteiger partial charge is 0.497 e. The van der Waals surface area contributed by atoms with Crippen LogP contribution in [0.15, 0.2) is 12.1 Å². The summed E-state index contributed by atoms with van der Waals surface area (Å²) >= 11 is 0. The molecule has 0 saturated heterocycles. The minimum Gasteiger partial charge on any atom is -0.497 e. The summed E-state index contributed by atoms with van der Waals surface area (Å²) in [6, 6.07) is 5.26. The van der Waals surface area contributed by atoms with E-state index in [2.05, 4.69) is 4.74 Å². The number of nitrogens with zero attached hydrogens (tertiary/aromatic N) is 1. The summed E-state index contributed by atoms with van der Waals surface area (Å²) in [5, 5.41) is 8.99. The predicted octanol–water partition coefficient (Wildman–Crippen LogP) is 1.92. The Balaban J connectivity index is 3.45. The van der Waals surface area contributed by atoms with Crippen molar-refractivity contribution < 1.29 is 14.3 Å². The molecule has 1 rings (SSSR count). The fourth-order valence-electron chi connectivity index (χ4n) is 1.50. The molecule has 0 aliphatic carbocycles. The first-order valence-electron chi connectivity index (χ1n) is 4.87. The van der Waals surface area contributed by atoms with Crippen LogP contribution >= 0.6 is 0 Å². The van der Waals surface area contributed by atoms with Crippen molar-refractivity contribution in [3.05, 3.63) is 28.8 Å². The lowest BCUT2D eigenvalue weighted by Crippen LogP contribution is -2.08. The van der Waals surface area contributed by atoms with E-state index in [1.165, 1.54) is 20.3 Å². The average Bonchev–Trinajstić information content (AvgIpc) is 2.35. The molecule has 0 spiro atoms. The van der Waals surface area contributed by atoms with Gasteiger partial charge in [0.25, 0.3) is 0 Å². The highest BCUT2D eigenvalue weighted by Crippen LogP contribution is 2.23. The van der Waals surface area contributed by atoms with Crippen LogP contribution in [0.1, 0.15) is 28.4 Å². The molecule has 0 aliphatic heterocycles. The lowest BCUT2D eigenvalue weighted by molar-refractivity contribution is 0.0599. The lowest BCUT2D eigenvalue weighted by atomic mass is 9.99. The van der Waals surface area contributed by atoms with Gasteiger partial charge in [0.15, 0.2) is 0 Å². The molecule has 0 N–H and O–H groups in total. The summed E-state index contributed by atoms with van der Waals surface area (Å²) in [7, 11) is 2.82. The fraction of sp³-hybridized carbons (Fsp3) is 0.333. The van der Waals surface area contributed by atoms with Gasteiger partial charge in [-0.1, -0.05) is 6.92 Å². The van der Waals surface area contributed by atoms with E-state index in [9.17, 15) is 4.79 Å². The third-order valence-corrected chi connectivity index (χ3v) is 2.32. The SMILES string of the molecule is CCc1cc(OC)cc(C#N)c1C(=O)OC. The Labute approximate surface area is 94.4 Å². The number of rotatable bonds is 3. The summed E-state index contributed by atoms with van der Waals surface area (Å²) < 4.78 is 9.73. The Morgan fingerprint density at radius 1 is 1.44 bits per heavy atom. The maximum absolute atomic E-state index is 11.6. The summed E-state index contributed by atoms with van der Waals surface area (Å²) in [6.07, 6.45) is 0.635. The number of esters is 1. The van der Waals surface area contributed by atoms with Gasteiger partial charge in [0.05, 0.1) is 25.3 Å². The summed E-state index contributed by atoms with van der Waals surface area (Å²) in [5.41, 5.74) is 1.36. The molecule has 0 unspecified atom stereocenters. The molecule has 0 heterocycles. The number of carbonyl (C=O) groups excluding carboxylic acids is 1. The molecule has 84 valence electrons. The molecular formula is C12H13NO3. The number of hydrogen-bond acceptors (Lipinski definition) is 4. The quantitative estimate of drug-likeness (QED) is 0.728. The molecule has 0 radical (unpaired) electrons. The molecule has 4 heteroatoms. The number of benzene rings is 1. The van der Waals surface area contributed by atoms with Crippen molar-refractivity contribution in [2.45, 2.75) is 13.3 Å². The predicted molar refractivity (Wildman–Crippen MR) is 58.4 cm³/mol. The summed E-state index contributed by atoms with van der Waals surface area (Å²) in [5.74, 6) is 0.0807. The molecule has 0 aromatic heterocycles. The Morgan fingerprint density at radius 2 is 2.12 bits per heavy atom. The highest BCUT2D eigenvalue weighted by molar-refractivity contribution is 5.94. The molecule has 0 atom stereocenters. The van der Waals surface area contributed by atoms with E-state index in [0.29, 0.717) is 17.7 Å². The number of nitriles is 1. The Kier molecular flexibility index (Phi) is 3.90. The Bertz CT molecular complexity index is 446. The molecule has 0 bridgehead atoms. The van der Waals surface area contributed by atoms with Crippen molar-refractivity contribution in [1.82, 2.24) is 0 Å². The molecule has 0 amide bonds. The Hall–Kier alpha value is -2.02. The van der Waals surface area contributed by atoms with Gasteiger partial charge < -0.3 is 9.47 Å². The van der Waals surface area contributed by atoms with Gasteiger partial charge in [-0.05, 0) is 24.1 Å². The van der Waals surface area contributed by atoms with Crippen molar-refractivity contribution in [3.8, 4) is 11.8 Å². The number of hydrogen-bond donors (Lipinski definition) is 0. The maximum atomic E-state index is 11.6. The first-order valence-corrected chi connectivity index (χ1v) is 4.87. The van der Waals surface area contributed by atoms with E-state index in [-0.39, 0.29) is 5.56 Å². The van der Waals surface area contributed by atoms with Crippen LogP contribution in [0.2, 0.25) is 0 Å². The van der Waals surface area contributed by atoms with Crippen molar-refractivity contribution >= 4 is 5.97 Å². The van der Waals surface area contributed by atoms with Crippen LogP contribution in [-0.4, -0.2) is 20.2 Å². The molecule has 1 aromatic rings. The highest BCUT2D eigenvalue weighted by Gasteiger charge is 2.17. The van der Waals surface area contributed by atoms with E-state index in [4.69, 9.17) is 10.00 Å². The van der Waals surface area contributed by atoms with E-state index in [1.807, 2.05) is 13.0 Å². The monoisotopic (exact) mass is 219 g/mol. The van der Waals surface area contributed by atoms with Crippen molar-refractivity contribution in [1.29, 1.82) is 5.26 Å². The maximum Gasteiger partial charge on any atom is 0.339 e. The van der Waals surface area contributed by atoms with E-state index < -0.39 is 5.97 Å². The standard InChI is InChI=1S/C12H13NO3/c1-4-8-5-10(15-2)6-9(7-13)11(8)12(14)16-3/h5-6H,4H2,1-3H3. The van der Waals surface area contributed by atoms with Crippen LogP contribution in [0, 0.1) is 11.3 Å². The van der Waals surface area contributed by atoms with Crippen molar-refractivity contribution in [2.24, 2.45) is 0 Å². The minimum absolute atomic E-state index is 0.281. The average molecular weight is 219 g/mol. The number of aryl methyl sites for hydroxylation is 1. The molecule has 0 aliphatic rings. The summed E-state index contributed by atoms with van der Waals surface area (Å²) in [4.78, 5) is 11.6. The topological polar surface area (TPSA) is 59.3 Å². The molecular weight excluding hydrogens is 206 g/mol. The van der Waals surface area contributed by atoms with Crippen molar-refractivity contribution in [3.63, 3.8) is 0 Å². The normalized spacial score (nSPS) is 9.38. The van der Waals surface area contributed by atoms with E-state index in [0.717, 1.165) is 5.56 Å². The van der Waals surface area contributed by atoms with E-state index in [1.54, 1.807) is 6.07 Å². The number of carbonyl (C=O) groups is 1. The zero-order chi connectivity index (χ0) is 12.1. The zero-order valence-electron chi connectivity index (χ0n) is 9.53. The molecule has 0 saturated carbocycles. The molecule has 16 heavy (non-hydrogen) atoms. The van der Waals surface area contributed by atoms with Crippen LogP contribution in [0.5, 0.6) is 5.75 Å². The molecule has 4 nitrogen and oxygen atoms in total. The highest BCUT2D eigenvalue weighted by atomic mass is 16.5. The first kappa shape index (κ1) is 12.1. The van der Waals surface area contributed by atoms with Crippen LogP contribution in [0.4, 0.5) is 0 Å². The van der Waals surface area contributed by atoms with Gasteiger partial charge in [0.2, 0.25) is 0 Å². The smallest absolute Gasteiger partial charge is 0.339 e. The van der Waals surface area contributed by atoms with Gasteiger partial charge in [0.1, 0.15) is 11.8 Å². The van der Waals surface area contributed by atoms with Crippen LogP contribution in [-0.2, 0) is 11.2 Å². The second kappa shape index (κ2) is 5.17. The van der Waals surface area contributed by atoms with Gasteiger partial charge >= 0.3 is 5.97 Å². The van der Waals surface area contributed by atoms with Crippen LogP contribution in [0.25, 0.3) is 0 Å². The van der Waals surface area contributed by atoms with Gasteiger partial charge in [0, 0.05) is 0 Å². The van der Waals surface area contributed by atoms with Gasteiger partial charge in [-0.2, -0.15) is 5.26 Å². The Morgan fingerprint density at radius 3 is 2.56 bits per heavy atom. The first-order chi connectivity index (χ1) is 7.67. The second-order valence-electron chi connectivity index (χ2n) is 3.17. The third kappa shape index (κ3) is 2.14. The molecule has 1 aromatic carbocycles. The van der Waals surface area contributed by atoms with Gasteiger partial charge in [-0.3, -0.25) is 0 Å². The van der Waals surface area contributed by atoms with Crippen molar-refractivity contribution in [2.75, 3.05) is 14.2 Å². The zero-order valence-corrected chi connectivity index (χ0v) is 9.53. The number of ether oxygens (including phenoxy) is 2. The van der Waals surface area contributed by atoms with Gasteiger partial charge in [-0.25, -0.2) is 4.79 Å². The van der Waals surface area contributed by atoms with Crippen LogP contribution in [0.3, 0.4) is 0 Å². The lowest BCUT2D eigenvalue weighted by Gasteiger charge is -2.10. The number of methoxy groups -OCH3 is 2. The second-order valence-corrected chi connectivity index (χ2v) is 3.17. The van der Waals surface area contributed by atoms with E-state index >= 15 is 0 Å². The van der Waals surface area contributed by atoms with Gasteiger partial charge in [-0.15, -0.1) is 0 Å². The fourth-order valence-corrected chi connectivity index (χ4v) is 1.50. The minimum atomic E-state index is -0.490. The van der Waals surface area contributed by atoms with Crippen LogP contribution < -0.4 is 4.74 Å². The molecule has 0 fully saturated rings. The third-order valence-electron chi connectivity index (χ3n) is 2.32.